The summed E-state index contributed by atoms with van der Waals surface area (Å²) >= 11 is 0. The summed E-state index contributed by atoms with van der Waals surface area (Å²) in [7, 11) is 0. The predicted octanol–water partition coefficient (Wildman–Crippen LogP) is 3.68. The van der Waals surface area contributed by atoms with Gasteiger partial charge in [0.25, 0.3) is 5.91 Å². The van der Waals surface area contributed by atoms with Gasteiger partial charge in [0.1, 0.15) is 11.3 Å². The van der Waals surface area contributed by atoms with E-state index in [-0.39, 0.29) is 17.2 Å². The third-order valence-electron chi connectivity index (χ3n) is 5.20. The Kier molecular flexibility index (Phi) is 7.05. The molecule has 1 fully saturated rings. The number of nitrogens with zero attached hydrogens (tertiary/aromatic N) is 1. The number of anilines is 1. The normalized spacial score (nSPS) is 17.8. The van der Waals surface area contributed by atoms with Gasteiger partial charge in [-0.15, -0.1) is 0 Å². The second-order valence-electron chi connectivity index (χ2n) is 7.65. The monoisotopic (exact) mass is 459 g/mol. The zero-order chi connectivity index (χ0) is 24.2. The molecule has 1 saturated heterocycles. The van der Waals surface area contributed by atoms with E-state index in [1.54, 1.807) is 12.1 Å². The van der Waals surface area contributed by atoms with Crippen molar-refractivity contribution in [2.75, 3.05) is 11.9 Å². The number of amides is 4. The van der Waals surface area contributed by atoms with Crippen LogP contribution in [0.15, 0.2) is 48.5 Å². The molecule has 0 unspecified atom stereocenters. The molecule has 1 atom stereocenters. The molecule has 10 heteroatoms. The van der Waals surface area contributed by atoms with Gasteiger partial charge in [0.15, 0.2) is 5.78 Å². The summed E-state index contributed by atoms with van der Waals surface area (Å²) in [5.74, 6) is -1.33. The third-order valence-corrected chi connectivity index (χ3v) is 5.20. The molecule has 174 valence electrons. The number of hydrogen-bond donors (Lipinski definition) is 2. The number of halogens is 2. The van der Waals surface area contributed by atoms with Crippen LogP contribution in [0, 0.1) is 0 Å². The molecule has 0 aromatic heterocycles. The number of ether oxygens (including phenoxy) is 1. The average molecular weight is 459 g/mol. The quantitative estimate of drug-likeness (QED) is 0.440. The zero-order valence-corrected chi connectivity index (χ0v) is 18.1. The summed E-state index contributed by atoms with van der Waals surface area (Å²) in [6, 6.07) is 10.7. The Morgan fingerprint density at radius 2 is 1.73 bits per heavy atom. The Hall–Kier alpha value is -3.82. The summed E-state index contributed by atoms with van der Waals surface area (Å²) in [6.07, 6.45) is 1.09. The molecule has 8 nitrogen and oxygen atoms in total. The van der Waals surface area contributed by atoms with Crippen LogP contribution in [-0.4, -0.2) is 41.7 Å². The van der Waals surface area contributed by atoms with Crippen LogP contribution in [0.1, 0.15) is 42.6 Å². The van der Waals surface area contributed by atoms with E-state index in [0.29, 0.717) is 24.1 Å². The van der Waals surface area contributed by atoms with Crippen molar-refractivity contribution < 1.29 is 32.7 Å². The van der Waals surface area contributed by atoms with Crippen molar-refractivity contribution in [3.05, 3.63) is 59.7 Å². The van der Waals surface area contributed by atoms with Crippen LogP contribution in [0.25, 0.3) is 0 Å². The molecule has 2 aromatic carbocycles. The molecule has 0 saturated carbocycles. The lowest BCUT2D eigenvalue weighted by Gasteiger charge is -2.22. The summed E-state index contributed by atoms with van der Waals surface area (Å²) in [5, 5.41) is 5.26. The highest BCUT2D eigenvalue weighted by molar-refractivity contribution is 6.11. The summed E-state index contributed by atoms with van der Waals surface area (Å²) in [5.41, 5.74) is -0.309. The molecule has 2 aromatic rings. The molecule has 0 aliphatic carbocycles. The van der Waals surface area contributed by atoms with E-state index < -0.39 is 36.4 Å². The highest BCUT2D eigenvalue weighted by Crippen LogP contribution is 2.30. The Balaban J connectivity index is 1.69. The molecule has 0 spiro atoms. The summed E-state index contributed by atoms with van der Waals surface area (Å²) < 4.78 is 29.0. The zero-order valence-electron chi connectivity index (χ0n) is 18.1. The Bertz CT molecular complexity index is 1060. The van der Waals surface area contributed by atoms with E-state index in [0.717, 1.165) is 4.90 Å². The van der Waals surface area contributed by atoms with Crippen molar-refractivity contribution in [1.29, 1.82) is 0 Å². The van der Waals surface area contributed by atoms with Crippen molar-refractivity contribution in [3.63, 3.8) is 0 Å². The lowest BCUT2D eigenvalue weighted by Crippen LogP contribution is -2.41. The van der Waals surface area contributed by atoms with E-state index in [2.05, 4.69) is 15.4 Å². The fourth-order valence-corrected chi connectivity index (χ4v) is 3.43. The molecular formula is C23H23F2N3O5. The van der Waals surface area contributed by atoms with E-state index in [1.807, 2.05) is 6.92 Å². The van der Waals surface area contributed by atoms with E-state index in [9.17, 15) is 28.0 Å². The second-order valence-corrected chi connectivity index (χ2v) is 7.65. The minimum Gasteiger partial charge on any atom is -0.435 e. The van der Waals surface area contributed by atoms with E-state index >= 15 is 0 Å². The number of alkyl halides is 2. The lowest BCUT2D eigenvalue weighted by atomic mass is 9.92. The van der Waals surface area contributed by atoms with Gasteiger partial charge in [0.05, 0.1) is 6.54 Å². The highest BCUT2D eigenvalue weighted by atomic mass is 19.3. The number of hydrogen-bond acceptors (Lipinski definition) is 5. The van der Waals surface area contributed by atoms with Crippen LogP contribution >= 0.6 is 0 Å². The predicted molar refractivity (Wildman–Crippen MR) is 115 cm³/mol. The van der Waals surface area contributed by atoms with Gasteiger partial charge in [0, 0.05) is 17.7 Å². The van der Waals surface area contributed by atoms with Gasteiger partial charge >= 0.3 is 12.6 Å². The number of imide groups is 1. The van der Waals surface area contributed by atoms with E-state index in [4.69, 9.17) is 0 Å². The van der Waals surface area contributed by atoms with Crippen molar-refractivity contribution in [2.45, 2.75) is 38.8 Å². The SMILES string of the molecule is CCCC(=O)Nc1ccc(C(=O)CN2C(=O)N[C@@](C)(c3ccc(OC(F)F)cc3)C2=O)cc1. The number of urea groups is 1. The first-order valence-corrected chi connectivity index (χ1v) is 10.3. The van der Waals surface area contributed by atoms with Crippen LogP contribution < -0.4 is 15.4 Å². The molecule has 4 amide bonds. The minimum atomic E-state index is -2.98. The average Bonchev–Trinajstić information content (AvgIpc) is 2.98. The van der Waals surface area contributed by atoms with Crippen molar-refractivity contribution in [3.8, 4) is 5.75 Å². The molecule has 0 radical (unpaired) electrons. The first-order chi connectivity index (χ1) is 15.6. The molecule has 0 bridgehead atoms. The maximum absolute atomic E-state index is 13.0. The number of carbonyl (C=O) groups excluding carboxylic acids is 4. The number of carbonyl (C=O) groups is 4. The maximum Gasteiger partial charge on any atom is 0.387 e. The molecule has 3 rings (SSSR count). The van der Waals surface area contributed by atoms with Crippen molar-refractivity contribution in [2.24, 2.45) is 0 Å². The third kappa shape index (κ3) is 5.33. The standard InChI is InChI=1S/C23H23F2N3O5/c1-3-4-19(30)26-16-9-5-14(6-10-16)18(29)13-28-20(31)23(2,27-22(28)32)15-7-11-17(12-8-15)33-21(24)25/h5-12,21H,3-4,13H2,1-2H3,(H,26,30)(H,27,32)/t23-/m0/s1. The molecule has 1 heterocycles. The molecule has 1 aliphatic heterocycles. The van der Waals surface area contributed by atoms with Gasteiger partial charge in [-0.25, -0.2) is 4.79 Å². The van der Waals surface area contributed by atoms with E-state index in [1.165, 1.54) is 43.3 Å². The molecular weight excluding hydrogens is 436 g/mol. The van der Waals surface area contributed by atoms with Gasteiger partial charge in [-0.2, -0.15) is 8.78 Å². The lowest BCUT2D eigenvalue weighted by molar-refractivity contribution is -0.130. The largest absolute Gasteiger partial charge is 0.435 e. The minimum absolute atomic E-state index is 0.0875. The number of benzene rings is 2. The Morgan fingerprint density at radius 1 is 1.09 bits per heavy atom. The van der Waals surface area contributed by atoms with Crippen LogP contribution in [0.5, 0.6) is 5.75 Å². The number of nitrogens with one attached hydrogen (secondary N) is 2. The Morgan fingerprint density at radius 3 is 2.30 bits per heavy atom. The van der Waals surface area contributed by atoms with Crippen LogP contribution in [0.2, 0.25) is 0 Å². The van der Waals surface area contributed by atoms with Gasteiger partial charge in [0.2, 0.25) is 5.91 Å². The molecule has 2 N–H and O–H groups in total. The van der Waals surface area contributed by atoms with Crippen LogP contribution in [0.4, 0.5) is 19.3 Å². The van der Waals surface area contributed by atoms with Crippen molar-refractivity contribution in [1.82, 2.24) is 10.2 Å². The molecule has 33 heavy (non-hydrogen) atoms. The topological polar surface area (TPSA) is 105 Å². The smallest absolute Gasteiger partial charge is 0.387 e. The first-order valence-electron chi connectivity index (χ1n) is 10.3. The number of rotatable bonds is 9. The molecule has 1 aliphatic rings. The fourth-order valence-electron chi connectivity index (χ4n) is 3.43. The summed E-state index contributed by atoms with van der Waals surface area (Å²) in [4.78, 5) is 50.6. The van der Waals surface area contributed by atoms with Gasteiger partial charge < -0.3 is 15.4 Å². The van der Waals surface area contributed by atoms with Crippen LogP contribution in [0.3, 0.4) is 0 Å². The van der Waals surface area contributed by atoms with Gasteiger partial charge in [-0.05, 0) is 55.3 Å². The van der Waals surface area contributed by atoms with Crippen LogP contribution in [-0.2, 0) is 15.1 Å². The Labute approximate surface area is 188 Å². The maximum atomic E-state index is 13.0. The van der Waals surface area contributed by atoms with Gasteiger partial charge in [-0.3, -0.25) is 19.3 Å². The van der Waals surface area contributed by atoms with Crippen molar-refractivity contribution >= 4 is 29.3 Å². The van der Waals surface area contributed by atoms with Gasteiger partial charge in [-0.1, -0.05) is 19.1 Å². The highest BCUT2D eigenvalue weighted by Gasteiger charge is 2.49. The first kappa shape index (κ1) is 23.8. The summed E-state index contributed by atoms with van der Waals surface area (Å²) in [6.45, 7) is -0.107. The number of ketones is 1. The number of Topliss-reactive ketones (excluding diaryl/α,β-unsaturated/α-hetero) is 1. The second kappa shape index (κ2) is 9.76. The fraction of sp³-hybridized carbons (Fsp3) is 0.304.